The summed E-state index contributed by atoms with van der Waals surface area (Å²) in [6, 6.07) is 14.0. The van der Waals surface area contributed by atoms with Gasteiger partial charge in [0, 0.05) is 18.8 Å². The molecule has 23 heavy (non-hydrogen) atoms. The lowest BCUT2D eigenvalue weighted by Gasteiger charge is -2.37. The van der Waals surface area contributed by atoms with Gasteiger partial charge in [0.1, 0.15) is 5.82 Å². The van der Waals surface area contributed by atoms with Crippen LogP contribution in [0.1, 0.15) is 0 Å². The second kappa shape index (κ2) is 5.62. The summed E-state index contributed by atoms with van der Waals surface area (Å²) in [5.41, 5.74) is 1.61. The molecule has 1 saturated heterocycles. The van der Waals surface area contributed by atoms with Crippen molar-refractivity contribution in [2.24, 2.45) is 5.92 Å². The Bertz CT molecular complexity index is 859. The van der Waals surface area contributed by atoms with E-state index in [-0.39, 0.29) is 17.6 Å². The smallest absolute Gasteiger partial charge is 0.231 e. The van der Waals surface area contributed by atoms with Crippen LogP contribution in [0.4, 0.5) is 15.2 Å². The molecule has 2 aromatic carbocycles. The minimum Gasteiger partial charge on any atom is -0.346 e. The minimum absolute atomic E-state index is 0.0274. The van der Waals surface area contributed by atoms with Crippen molar-refractivity contribution in [1.82, 2.24) is 4.98 Å². The Morgan fingerprint density at radius 2 is 2.00 bits per heavy atom. The van der Waals surface area contributed by atoms with Crippen LogP contribution in [0.25, 0.3) is 10.2 Å². The van der Waals surface area contributed by atoms with Crippen LogP contribution in [0.2, 0.25) is 0 Å². The summed E-state index contributed by atoms with van der Waals surface area (Å²) in [6.07, 6.45) is 0. The van der Waals surface area contributed by atoms with Gasteiger partial charge in [-0.05, 0) is 30.3 Å². The number of carbonyl (C=O) groups is 1. The highest BCUT2D eigenvalue weighted by atomic mass is 32.1. The second-order valence-corrected chi connectivity index (χ2v) is 6.57. The fourth-order valence-electron chi connectivity index (χ4n) is 2.59. The molecule has 2 heterocycles. The van der Waals surface area contributed by atoms with Gasteiger partial charge in [-0.1, -0.05) is 29.5 Å². The van der Waals surface area contributed by atoms with E-state index in [1.54, 1.807) is 6.07 Å². The highest BCUT2D eigenvalue weighted by molar-refractivity contribution is 7.22. The summed E-state index contributed by atoms with van der Waals surface area (Å²) in [6.45, 7) is 1.28. The Kier molecular flexibility index (Phi) is 3.46. The van der Waals surface area contributed by atoms with Crippen molar-refractivity contribution >= 4 is 38.3 Å². The van der Waals surface area contributed by atoms with Crippen LogP contribution in [-0.4, -0.2) is 24.0 Å². The molecule has 1 N–H and O–H groups in total. The zero-order valence-electron chi connectivity index (χ0n) is 12.2. The molecule has 0 unspecified atom stereocenters. The van der Waals surface area contributed by atoms with Crippen molar-refractivity contribution in [3.63, 3.8) is 0 Å². The van der Waals surface area contributed by atoms with Crippen LogP contribution < -0.4 is 10.2 Å². The van der Waals surface area contributed by atoms with E-state index in [2.05, 4.69) is 15.2 Å². The number of nitrogens with zero attached hydrogens (tertiary/aromatic N) is 2. The lowest BCUT2D eigenvalue weighted by Crippen LogP contribution is -2.52. The van der Waals surface area contributed by atoms with Crippen molar-refractivity contribution in [2.75, 3.05) is 23.3 Å². The average molecular weight is 327 g/mol. The molecule has 0 aliphatic carbocycles. The van der Waals surface area contributed by atoms with Crippen molar-refractivity contribution in [3.8, 4) is 0 Å². The van der Waals surface area contributed by atoms with Crippen LogP contribution in [0.5, 0.6) is 0 Å². The quantitative estimate of drug-likeness (QED) is 0.801. The Hall–Kier alpha value is -2.47. The number of nitrogens with one attached hydrogen (secondary N) is 1. The maximum absolute atomic E-state index is 13.2. The van der Waals surface area contributed by atoms with Crippen LogP contribution in [-0.2, 0) is 4.79 Å². The van der Waals surface area contributed by atoms with Gasteiger partial charge in [0.2, 0.25) is 5.91 Å². The molecule has 3 aromatic rings. The van der Waals surface area contributed by atoms with E-state index in [1.165, 1.54) is 23.5 Å². The molecule has 0 radical (unpaired) electrons. The van der Waals surface area contributed by atoms with E-state index in [9.17, 15) is 9.18 Å². The number of fused-ring (bicyclic) bond motifs is 1. The number of benzene rings is 2. The standard InChI is InChI=1S/C17H14FN3OS/c18-12-6-7-14-15(8-12)23-17(20-14)21-9-11(10-21)16(22)19-13-4-2-1-3-5-13/h1-8,11H,9-10H2,(H,19,22). The highest BCUT2D eigenvalue weighted by Crippen LogP contribution is 2.33. The van der Waals surface area contributed by atoms with Crippen molar-refractivity contribution in [2.45, 2.75) is 0 Å². The highest BCUT2D eigenvalue weighted by Gasteiger charge is 2.34. The van der Waals surface area contributed by atoms with Gasteiger partial charge in [-0.15, -0.1) is 0 Å². The van der Waals surface area contributed by atoms with Gasteiger partial charge < -0.3 is 10.2 Å². The number of halogens is 1. The van der Waals surface area contributed by atoms with Crippen molar-refractivity contribution in [1.29, 1.82) is 0 Å². The average Bonchev–Trinajstić information content (AvgIpc) is 2.89. The number of carbonyl (C=O) groups excluding carboxylic acids is 1. The lowest BCUT2D eigenvalue weighted by atomic mass is 10.00. The summed E-state index contributed by atoms with van der Waals surface area (Å²) in [5.74, 6) is -0.269. The van der Waals surface area contributed by atoms with Crippen LogP contribution >= 0.6 is 11.3 Å². The number of thiazole rings is 1. The first-order chi connectivity index (χ1) is 11.2. The predicted octanol–water partition coefficient (Wildman–Crippen LogP) is 3.51. The number of amides is 1. The van der Waals surface area contributed by atoms with Crippen LogP contribution in [0.15, 0.2) is 48.5 Å². The summed E-state index contributed by atoms with van der Waals surface area (Å²) in [4.78, 5) is 18.7. The van der Waals surface area contributed by atoms with Gasteiger partial charge in [-0.25, -0.2) is 9.37 Å². The van der Waals surface area contributed by atoms with Gasteiger partial charge in [0.25, 0.3) is 0 Å². The third-order valence-corrected chi connectivity index (χ3v) is 4.98. The molecule has 1 aliphatic heterocycles. The summed E-state index contributed by atoms with van der Waals surface area (Å²) in [7, 11) is 0. The Labute approximate surface area is 136 Å². The number of aromatic nitrogens is 1. The zero-order valence-corrected chi connectivity index (χ0v) is 13.0. The Morgan fingerprint density at radius 3 is 2.78 bits per heavy atom. The maximum atomic E-state index is 13.2. The van der Waals surface area contributed by atoms with Gasteiger partial charge in [-0.3, -0.25) is 4.79 Å². The molecule has 0 bridgehead atoms. The maximum Gasteiger partial charge on any atom is 0.231 e. The van der Waals surface area contributed by atoms with E-state index < -0.39 is 0 Å². The minimum atomic E-state index is -0.253. The molecule has 0 atom stereocenters. The fourth-order valence-corrected chi connectivity index (χ4v) is 3.60. The van der Waals surface area contributed by atoms with E-state index in [0.717, 1.165) is 21.0 Å². The first-order valence-corrected chi connectivity index (χ1v) is 8.18. The number of rotatable bonds is 3. The zero-order chi connectivity index (χ0) is 15.8. The molecule has 0 saturated carbocycles. The molecule has 1 aromatic heterocycles. The van der Waals surface area contributed by atoms with E-state index in [0.29, 0.717) is 13.1 Å². The largest absolute Gasteiger partial charge is 0.346 e. The lowest BCUT2D eigenvalue weighted by molar-refractivity contribution is -0.120. The van der Waals surface area contributed by atoms with Gasteiger partial charge in [0.15, 0.2) is 5.13 Å². The Balaban J connectivity index is 1.41. The summed E-state index contributed by atoms with van der Waals surface area (Å²) >= 11 is 1.46. The molecule has 4 rings (SSSR count). The topological polar surface area (TPSA) is 45.2 Å². The monoisotopic (exact) mass is 327 g/mol. The van der Waals surface area contributed by atoms with Crippen molar-refractivity contribution in [3.05, 3.63) is 54.3 Å². The SMILES string of the molecule is O=C(Nc1ccccc1)C1CN(c2nc3ccc(F)cc3s2)C1. The van der Waals surface area contributed by atoms with Crippen LogP contribution in [0.3, 0.4) is 0 Å². The predicted molar refractivity (Wildman–Crippen MR) is 90.4 cm³/mol. The van der Waals surface area contributed by atoms with Crippen LogP contribution in [0, 0.1) is 11.7 Å². The number of hydrogen-bond acceptors (Lipinski definition) is 4. The van der Waals surface area contributed by atoms with Crippen molar-refractivity contribution < 1.29 is 9.18 Å². The molecular formula is C17H14FN3OS. The Morgan fingerprint density at radius 1 is 1.22 bits per heavy atom. The summed E-state index contributed by atoms with van der Waals surface area (Å²) < 4.78 is 14.1. The molecule has 0 spiro atoms. The van der Waals surface area contributed by atoms with E-state index in [4.69, 9.17) is 0 Å². The number of hydrogen-bond donors (Lipinski definition) is 1. The number of para-hydroxylation sites is 1. The molecule has 116 valence electrons. The normalized spacial score (nSPS) is 14.7. The molecule has 1 aliphatic rings. The second-order valence-electron chi connectivity index (χ2n) is 5.57. The first-order valence-electron chi connectivity index (χ1n) is 7.36. The summed E-state index contributed by atoms with van der Waals surface area (Å²) in [5, 5.41) is 3.76. The molecule has 1 fully saturated rings. The van der Waals surface area contributed by atoms with E-state index in [1.807, 2.05) is 30.3 Å². The van der Waals surface area contributed by atoms with Gasteiger partial charge in [0.05, 0.1) is 16.1 Å². The first kappa shape index (κ1) is 14.1. The van der Waals surface area contributed by atoms with Gasteiger partial charge >= 0.3 is 0 Å². The molecule has 1 amide bonds. The molecule has 6 heteroatoms. The molecular weight excluding hydrogens is 313 g/mol. The van der Waals surface area contributed by atoms with E-state index >= 15 is 0 Å². The third-order valence-electron chi connectivity index (χ3n) is 3.90. The third kappa shape index (κ3) is 2.77. The fraction of sp³-hybridized carbons (Fsp3) is 0.176. The number of anilines is 2. The molecule has 4 nitrogen and oxygen atoms in total. The van der Waals surface area contributed by atoms with Gasteiger partial charge in [-0.2, -0.15) is 0 Å².